The highest BCUT2D eigenvalue weighted by atomic mass is 32.2. The van der Waals surface area contributed by atoms with E-state index in [2.05, 4.69) is 5.32 Å². The Labute approximate surface area is 165 Å². The molecule has 1 N–H and O–H groups in total. The van der Waals surface area contributed by atoms with E-state index in [1.165, 1.54) is 18.2 Å². The first kappa shape index (κ1) is 21.8. The van der Waals surface area contributed by atoms with Crippen LogP contribution in [-0.4, -0.2) is 44.6 Å². The van der Waals surface area contributed by atoms with E-state index in [0.29, 0.717) is 0 Å². The zero-order valence-corrected chi connectivity index (χ0v) is 17.1. The SMILES string of the molecule is Cc1ccc(C)c(OCCNC(=O)CN(Cc2ccccc2F)S(C)(=O)=O)c1. The molecule has 0 aliphatic carbocycles. The predicted molar refractivity (Wildman–Crippen MR) is 106 cm³/mol. The Balaban J connectivity index is 1.88. The molecule has 0 bridgehead atoms. The summed E-state index contributed by atoms with van der Waals surface area (Å²) in [6.07, 6.45) is 0.991. The van der Waals surface area contributed by atoms with E-state index >= 15 is 0 Å². The number of ether oxygens (including phenoxy) is 1. The van der Waals surface area contributed by atoms with Crippen LogP contribution in [0.3, 0.4) is 0 Å². The van der Waals surface area contributed by atoms with E-state index < -0.39 is 28.3 Å². The summed E-state index contributed by atoms with van der Waals surface area (Å²) in [5.74, 6) is -0.253. The minimum absolute atomic E-state index is 0.207. The molecular formula is C20H25FN2O4S. The Hall–Kier alpha value is -2.45. The van der Waals surface area contributed by atoms with Crippen molar-refractivity contribution in [1.82, 2.24) is 9.62 Å². The number of halogens is 1. The van der Waals surface area contributed by atoms with Crippen LogP contribution in [0.5, 0.6) is 5.75 Å². The summed E-state index contributed by atoms with van der Waals surface area (Å²) in [4.78, 5) is 12.1. The molecule has 0 saturated carbocycles. The van der Waals surface area contributed by atoms with Crippen LogP contribution in [0.4, 0.5) is 4.39 Å². The third-order valence-corrected chi connectivity index (χ3v) is 5.32. The molecule has 8 heteroatoms. The van der Waals surface area contributed by atoms with Crippen molar-refractivity contribution in [2.75, 3.05) is 26.0 Å². The van der Waals surface area contributed by atoms with Crippen molar-refractivity contribution in [3.05, 3.63) is 65.0 Å². The van der Waals surface area contributed by atoms with Crippen LogP contribution in [0.25, 0.3) is 0 Å². The Kier molecular flexibility index (Phi) is 7.53. The highest BCUT2D eigenvalue weighted by Crippen LogP contribution is 2.18. The molecule has 0 aliphatic heterocycles. The number of sulfonamides is 1. The van der Waals surface area contributed by atoms with Gasteiger partial charge in [-0.2, -0.15) is 4.31 Å². The summed E-state index contributed by atoms with van der Waals surface area (Å²) < 4.78 is 44.3. The fourth-order valence-electron chi connectivity index (χ4n) is 2.54. The van der Waals surface area contributed by atoms with Crippen LogP contribution in [0.1, 0.15) is 16.7 Å². The van der Waals surface area contributed by atoms with Gasteiger partial charge in [0.15, 0.2) is 0 Å². The highest BCUT2D eigenvalue weighted by molar-refractivity contribution is 7.88. The van der Waals surface area contributed by atoms with Crippen LogP contribution in [0.15, 0.2) is 42.5 Å². The van der Waals surface area contributed by atoms with Crippen molar-refractivity contribution in [3.63, 3.8) is 0 Å². The topological polar surface area (TPSA) is 75.7 Å². The van der Waals surface area contributed by atoms with Crippen LogP contribution >= 0.6 is 0 Å². The van der Waals surface area contributed by atoms with E-state index in [1.807, 2.05) is 32.0 Å². The predicted octanol–water partition coefficient (Wildman–Crippen LogP) is 2.40. The van der Waals surface area contributed by atoms with Crippen molar-refractivity contribution in [1.29, 1.82) is 0 Å². The molecule has 0 spiro atoms. The fourth-order valence-corrected chi connectivity index (χ4v) is 3.26. The van der Waals surface area contributed by atoms with Gasteiger partial charge in [-0.15, -0.1) is 0 Å². The molecule has 2 rings (SSSR count). The molecule has 0 fully saturated rings. The van der Waals surface area contributed by atoms with Gasteiger partial charge in [0.1, 0.15) is 18.2 Å². The van der Waals surface area contributed by atoms with Crippen molar-refractivity contribution in [2.24, 2.45) is 0 Å². The molecule has 1 amide bonds. The maximum Gasteiger partial charge on any atom is 0.235 e. The monoisotopic (exact) mass is 408 g/mol. The number of carbonyl (C=O) groups excluding carboxylic acids is 1. The Morgan fingerprint density at radius 2 is 1.89 bits per heavy atom. The summed E-state index contributed by atoms with van der Waals surface area (Å²) >= 11 is 0. The second-order valence-electron chi connectivity index (χ2n) is 6.59. The molecule has 0 atom stereocenters. The zero-order chi connectivity index (χ0) is 20.7. The lowest BCUT2D eigenvalue weighted by Gasteiger charge is -2.20. The van der Waals surface area contributed by atoms with E-state index in [9.17, 15) is 17.6 Å². The third kappa shape index (κ3) is 6.61. The minimum atomic E-state index is -3.68. The van der Waals surface area contributed by atoms with Crippen molar-refractivity contribution >= 4 is 15.9 Å². The van der Waals surface area contributed by atoms with E-state index in [0.717, 1.165) is 27.4 Å². The molecule has 28 heavy (non-hydrogen) atoms. The minimum Gasteiger partial charge on any atom is -0.491 e. The zero-order valence-electron chi connectivity index (χ0n) is 16.2. The lowest BCUT2D eigenvalue weighted by molar-refractivity contribution is -0.121. The summed E-state index contributed by atoms with van der Waals surface area (Å²) in [6, 6.07) is 11.7. The number of hydrogen-bond donors (Lipinski definition) is 1. The molecule has 0 heterocycles. The molecule has 2 aromatic rings. The standard InChI is InChI=1S/C20H25FN2O4S/c1-15-8-9-16(2)19(12-15)27-11-10-22-20(24)14-23(28(3,25)26)13-17-6-4-5-7-18(17)21/h4-9,12H,10-11,13-14H2,1-3H3,(H,22,24). The average molecular weight is 408 g/mol. The number of nitrogens with zero attached hydrogens (tertiary/aromatic N) is 1. The summed E-state index contributed by atoms with van der Waals surface area (Å²) in [5, 5.41) is 2.63. The summed E-state index contributed by atoms with van der Waals surface area (Å²) in [6.45, 7) is 3.77. The van der Waals surface area contributed by atoms with Gasteiger partial charge in [0.2, 0.25) is 15.9 Å². The van der Waals surface area contributed by atoms with Crippen molar-refractivity contribution < 1.29 is 22.3 Å². The summed E-state index contributed by atoms with van der Waals surface area (Å²) in [5.41, 5.74) is 2.27. The molecular weight excluding hydrogens is 383 g/mol. The average Bonchev–Trinajstić information content (AvgIpc) is 2.62. The van der Waals surface area contributed by atoms with E-state index in [4.69, 9.17) is 4.74 Å². The van der Waals surface area contributed by atoms with Crippen molar-refractivity contribution in [3.8, 4) is 5.75 Å². The molecule has 0 radical (unpaired) electrons. The Morgan fingerprint density at radius 3 is 2.57 bits per heavy atom. The number of amides is 1. The molecule has 0 aliphatic rings. The van der Waals surface area contributed by atoms with Crippen LogP contribution in [0, 0.1) is 19.7 Å². The van der Waals surface area contributed by atoms with E-state index in [1.54, 1.807) is 6.07 Å². The largest absolute Gasteiger partial charge is 0.491 e. The van der Waals surface area contributed by atoms with Gasteiger partial charge in [-0.3, -0.25) is 4.79 Å². The van der Waals surface area contributed by atoms with Crippen LogP contribution < -0.4 is 10.1 Å². The number of carbonyl (C=O) groups is 1. The number of hydrogen-bond acceptors (Lipinski definition) is 4. The maximum absolute atomic E-state index is 13.8. The Bertz CT molecular complexity index is 932. The first-order valence-corrected chi connectivity index (χ1v) is 10.7. The fraction of sp³-hybridized carbons (Fsp3) is 0.350. The second-order valence-corrected chi connectivity index (χ2v) is 8.57. The lowest BCUT2D eigenvalue weighted by atomic mass is 10.1. The summed E-state index contributed by atoms with van der Waals surface area (Å²) in [7, 11) is -3.68. The number of aryl methyl sites for hydroxylation is 2. The highest BCUT2D eigenvalue weighted by Gasteiger charge is 2.21. The van der Waals surface area contributed by atoms with Gasteiger partial charge in [0.25, 0.3) is 0 Å². The molecule has 0 unspecified atom stereocenters. The van der Waals surface area contributed by atoms with E-state index in [-0.39, 0.29) is 25.3 Å². The molecule has 2 aromatic carbocycles. The normalized spacial score (nSPS) is 11.5. The third-order valence-electron chi connectivity index (χ3n) is 4.12. The maximum atomic E-state index is 13.8. The first-order valence-electron chi connectivity index (χ1n) is 8.82. The van der Waals surface area contributed by atoms with Gasteiger partial charge >= 0.3 is 0 Å². The second kappa shape index (κ2) is 9.66. The van der Waals surface area contributed by atoms with Gasteiger partial charge in [0.05, 0.1) is 19.3 Å². The number of rotatable bonds is 9. The quantitative estimate of drug-likeness (QED) is 0.647. The first-order chi connectivity index (χ1) is 13.2. The van der Waals surface area contributed by atoms with Gasteiger partial charge in [-0.05, 0) is 37.1 Å². The molecule has 0 saturated heterocycles. The number of nitrogens with one attached hydrogen (secondary N) is 1. The molecule has 0 aromatic heterocycles. The Morgan fingerprint density at radius 1 is 1.18 bits per heavy atom. The van der Waals surface area contributed by atoms with Gasteiger partial charge in [0, 0.05) is 12.1 Å². The van der Waals surface area contributed by atoms with Crippen molar-refractivity contribution in [2.45, 2.75) is 20.4 Å². The lowest BCUT2D eigenvalue weighted by Crippen LogP contribution is -2.41. The smallest absolute Gasteiger partial charge is 0.235 e. The van der Waals surface area contributed by atoms with Gasteiger partial charge in [-0.1, -0.05) is 30.3 Å². The van der Waals surface area contributed by atoms with Gasteiger partial charge in [-0.25, -0.2) is 12.8 Å². The van der Waals surface area contributed by atoms with Crippen LogP contribution in [0.2, 0.25) is 0 Å². The molecule has 152 valence electrons. The van der Waals surface area contributed by atoms with Crippen LogP contribution in [-0.2, 0) is 21.4 Å². The van der Waals surface area contributed by atoms with Gasteiger partial charge < -0.3 is 10.1 Å². The number of benzene rings is 2. The molecule has 6 nitrogen and oxygen atoms in total.